The van der Waals surface area contributed by atoms with Gasteiger partial charge in [0.05, 0.1) is 0 Å². The number of nitrogens with one attached hydrogen (secondary N) is 3. The Morgan fingerprint density at radius 3 is 2.44 bits per heavy atom. The van der Waals surface area contributed by atoms with E-state index in [1.807, 2.05) is 74.2 Å². The Hall–Kier alpha value is -3.28. The van der Waals surface area contributed by atoms with Gasteiger partial charge in [-0.25, -0.2) is 4.79 Å². The van der Waals surface area contributed by atoms with E-state index >= 15 is 0 Å². The lowest BCUT2D eigenvalue weighted by Gasteiger charge is -2.40. The van der Waals surface area contributed by atoms with Crippen molar-refractivity contribution < 1.29 is 9.53 Å². The maximum Gasteiger partial charge on any atom is 0.410 e. The van der Waals surface area contributed by atoms with E-state index in [9.17, 15) is 4.79 Å². The highest BCUT2D eigenvalue weighted by Gasteiger charge is 2.34. The Bertz CT molecular complexity index is 906. The van der Waals surface area contributed by atoms with Gasteiger partial charge in [0, 0.05) is 30.5 Å². The van der Waals surface area contributed by atoms with Crippen LogP contribution in [0.25, 0.3) is 0 Å². The fourth-order valence-corrected chi connectivity index (χ4v) is 3.85. The number of likely N-dealkylation sites (tertiary alicyclic amines) is 1. The van der Waals surface area contributed by atoms with Gasteiger partial charge in [-0.15, -0.1) is 0 Å². The second-order valence-corrected chi connectivity index (χ2v) is 9.14. The molecule has 170 valence electrons. The molecule has 2 aromatic rings. The molecule has 1 fully saturated rings. The predicted octanol–water partition coefficient (Wildman–Crippen LogP) is 5.19. The van der Waals surface area contributed by atoms with Gasteiger partial charge in [-0.1, -0.05) is 48.5 Å². The van der Waals surface area contributed by atoms with Crippen LogP contribution in [0.4, 0.5) is 10.5 Å². The summed E-state index contributed by atoms with van der Waals surface area (Å²) >= 11 is 0. The molecule has 1 amide bonds. The number of rotatable bonds is 6. The topological polar surface area (TPSA) is 77.5 Å². The Kier molecular flexibility index (Phi) is 7.92. The van der Waals surface area contributed by atoms with Crippen molar-refractivity contribution in [1.29, 1.82) is 5.41 Å². The van der Waals surface area contributed by atoms with Crippen molar-refractivity contribution in [3.8, 4) is 0 Å². The fraction of sp³-hybridized carbons (Fsp3) is 0.385. The first-order chi connectivity index (χ1) is 15.3. The number of anilines is 1. The van der Waals surface area contributed by atoms with Crippen LogP contribution in [0.3, 0.4) is 0 Å². The molecule has 1 saturated heterocycles. The second-order valence-electron chi connectivity index (χ2n) is 9.14. The quantitative estimate of drug-likeness (QED) is 0.432. The summed E-state index contributed by atoms with van der Waals surface area (Å²) in [5.74, 6) is 0.350. The summed E-state index contributed by atoms with van der Waals surface area (Å²) in [7, 11) is 0. The van der Waals surface area contributed by atoms with Crippen LogP contribution in [-0.4, -0.2) is 41.1 Å². The maximum absolute atomic E-state index is 12.8. The van der Waals surface area contributed by atoms with Crippen LogP contribution in [0.2, 0.25) is 0 Å². The lowest BCUT2D eigenvalue weighted by atomic mass is 9.92. The van der Waals surface area contributed by atoms with Gasteiger partial charge >= 0.3 is 6.09 Å². The number of carbonyl (C=O) groups excluding carboxylic acids is 1. The standard InChI is InChI=1S/C26H34N4O2/c1-26(2,3)32-25(31)30-17-15-22(19-23(30)18-20-10-6-4-7-11-20)29-24(27)14-16-28-21-12-8-5-9-13-21/h4-14,16,22-23,28H,15,17-19H2,1-3H3,(H2,27,29)/b16-14-. The molecule has 1 aliphatic rings. The van der Waals surface area contributed by atoms with E-state index in [1.165, 1.54) is 5.56 Å². The number of benzene rings is 2. The first-order valence-corrected chi connectivity index (χ1v) is 11.2. The molecule has 2 unspecified atom stereocenters. The number of para-hydroxylation sites is 1. The Morgan fingerprint density at radius 2 is 1.78 bits per heavy atom. The summed E-state index contributed by atoms with van der Waals surface area (Å²) in [6.45, 7) is 6.27. The lowest BCUT2D eigenvalue weighted by molar-refractivity contribution is 0.00778. The SMILES string of the molecule is CC(C)(C)OC(=O)N1CCC(NC(=N)/C=C\Nc2ccccc2)CC1Cc1ccccc1. The molecule has 3 N–H and O–H groups in total. The Labute approximate surface area is 191 Å². The minimum atomic E-state index is -0.526. The molecule has 1 heterocycles. The van der Waals surface area contributed by atoms with Gasteiger partial charge < -0.3 is 20.3 Å². The molecule has 0 aliphatic carbocycles. The molecule has 2 atom stereocenters. The molecule has 1 aliphatic heterocycles. The van der Waals surface area contributed by atoms with Crippen molar-refractivity contribution >= 4 is 17.6 Å². The molecule has 0 aromatic heterocycles. The molecule has 6 nitrogen and oxygen atoms in total. The minimum Gasteiger partial charge on any atom is -0.444 e. The summed E-state index contributed by atoms with van der Waals surface area (Å²) in [6, 6.07) is 20.2. The largest absolute Gasteiger partial charge is 0.444 e. The molecule has 0 saturated carbocycles. The first kappa shape index (κ1) is 23.4. The third-order valence-corrected chi connectivity index (χ3v) is 5.29. The molecule has 3 rings (SSSR count). The first-order valence-electron chi connectivity index (χ1n) is 11.2. The van der Waals surface area contributed by atoms with Crippen LogP contribution in [0.5, 0.6) is 0 Å². The van der Waals surface area contributed by atoms with E-state index in [1.54, 1.807) is 12.3 Å². The van der Waals surface area contributed by atoms with Crippen molar-refractivity contribution in [2.45, 2.75) is 57.7 Å². The molecular weight excluding hydrogens is 400 g/mol. The number of amides is 1. The number of amidine groups is 1. The van der Waals surface area contributed by atoms with Crippen molar-refractivity contribution in [1.82, 2.24) is 10.2 Å². The van der Waals surface area contributed by atoms with Gasteiger partial charge in [-0.05, 0) is 63.8 Å². The average Bonchev–Trinajstić information content (AvgIpc) is 2.74. The smallest absolute Gasteiger partial charge is 0.410 e. The van der Waals surface area contributed by atoms with Crippen LogP contribution >= 0.6 is 0 Å². The lowest BCUT2D eigenvalue weighted by Crippen LogP contribution is -2.53. The van der Waals surface area contributed by atoms with E-state index in [0.29, 0.717) is 12.4 Å². The zero-order valence-corrected chi connectivity index (χ0v) is 19.2. The number of nitrogens with zero attached hydrogens (tertiary/aromatic N) is 1. The van der Waals surface area contributed by atoms with Crippen LogP contribution in [0.15, 0.2) is 72.9 Å². The van der Waals surface area contributed by atoms with Crippen molar-refractivity contribution in [3.05, 3.63) is 78.5 Å². The highest BCUT2D eigenvalue weighted by Crippen LogP contribution is 2.24. The van der Waals surface area contributed by atoms with Gasteiger partial charge in [0.2, 0.25) is 0 Å². The molecule has 6 heteroatoms. The average molecular weight is 435 g/mol. The minimum absolute atomic E-state index is 0.0118. The van der Waals surface area contributed by atoms with Crippen LogP contribution in [0, 0.1) is 5.41 Å². The number of hydrogen-bond acceptors (Lipinski definition) is 4. The third-order valence-electron chi connectivity index (χ3n) is 5.29. The zero-order valence-electron chi connectivity index (χ0n) is 19.2. The highest BCUT2D eigenvalue weighted by atomic mass is 16.6. The highest BCUT2D eigenvalue weighted by molar-refractivity contribution is 5.90. The van der Waals surface area contributed by atoms with Gasteiger partial charge in [0.1, 0.15) is 11.4 Å². The third kappa shape index (κ3) is 7.45. The van der Waals surface area contributed by atoms with E-state index in [2.05, 4.69) is 22.8 Å². The molecule has 0 spiro atoms. The van der Waals surface area contributed by atoms with Gasteiger partial charge in [-0.2, -0.15) is 0 Å². The fourth-order valence-electron chi connectivity index (χ4n) is 3.85. The van der Waals surface area contributed by atoms with E-state index in [4.69, 9.17) is 10.1 Å². The number of piperidine rings is 1. The Balaban J connectivity index is 1.61. The number of carbonyl (C=O) groups is 1. The van der Waals surface area contributed by atoms with Crippen molar-refractivity contribution in [3.63, 3.8) is 0 Å². The zero-order chi connectivity index (χ0) is 23.0. The summed E-state index contributed by atoms with van der Waals surface area (Å²) in [4.78, 5) is 14.7. The normalized spacial score (nSPS) is 18.9. The van der Waals surface area contributed by atoms with Crippen molar-refractivity contribution in [2.75, 3.05) is 11.9 Å². The maximum atomic E-state index is 12.8. The van der Waals surface area contributed by atoms with Gasteiger partial charge in [0.15, 0.2) is 0 Å². The Morgan fingerprint density at radius 1 is 1.12 bits per heavy atom. The second kappa shape index (κ2) is 10.8. The van der Waals surface area contributed by atoms with Crippen LogP contribution < -0.4 is 10.6 Å². The van der Waals surface area contributed by atoms with E-state index < -0.39 is 5.60 Å². The van der Waals surface area contributed by atoms with Gasteiger partial charge in [-0.3, -0.25) is 5.41 Å². The molecule has 0 bridgehead atoms. The van der Waals surface area contributed by atoms with Crippen molar-refractivity contribution in [2.24, 2.45) is 0 Å². The van der Waals surface area contributed by atoms with E-state index in [0.717, 1.165) is 24.9 Å². The summed E-state index contributed by atoms with van der Waals surface area (Å²) in [6.07, 6.45) is 5.51. The van der Waals surface area contributed by atoms with E-state index in [-0.39, 0.29) is 18.2 Å². The predicted molar refractivity (Wildman–Crippen MR) is 130 cm³/mol. The molecule has 2 aromatic carbocycles. The molecule has 0 radical (unpaired) electrons. The number of hydrogen-bond donors (Lipinski definition) is 3. The van der Waals surface area contributed by atoms with Gasteiger partial charge in [0.25, 0.3) is 0 Å². The number of ether oxygens (including phenoxy) is 1. The molecular formula is C26H34N4O2. The summed E-state index contributed by atoms with van der Waals surface area (Å²) in [5, 5.41) is 14.8. The molecule has 32 heavy (non-hydrogen) atoms. The van der Waals surface area contributed by atoms with Crippen LogP contribution in [-0.2, 0) is 11.2 Å². The summed E-state index contributed by atoms with van der Waals surface area (Å²) in [5.41, 5.74) is 1.64. The van der Waals surface area contributed by atoms with Crippen LogP contribution in [0.1, 0.15) is 39.2 Å². The monoisotopic (exact) mass is 434 g/mol. The summed E-state index contributed by atoms with van der Waals surface area (Å²) < 4.78 is 5.66.